The predicted octanol–water partition coefficient (Wildman–Crippen LogP) is 4.10. The Morgan fingerprint density at radius 1 is 1.19 bits per heavy atom. The molecule has 0 N–H and O–H groups in total. The fraction of sp³-hybridized carbons (Fsp3) is 0.391. The van der Waals surface area contributed by atoms with E-state index < -0.39 is 11.6 Å². The number of carbonyl (C=O) groups is 1. The third kappa shape index (κ3) is 5.79. The van der Waals surface area contributed by atoms with Crippen molar-refractivity contribution < 1.29 is 23.0 Å². The van der Waals surface area contributed by atoms with Gasteiger partial charge in [0.25, 0.3) is 0 Å². The van der Waals surface area contributed by atoms with Gasteiger partial charge in [-0.05, 0) is 24.6 Å². The second-order valence-electron chi connectivity index (χ2n) is 7.50. The Morgan fingerprint density at radius 3 is 2.75 bits per heavy atom. The SMILES string of the molecule is O=C(CCOc1ccccc1)N(CCCN1CCOCC1)c1nc2c(F)cc(F)cc2s1. The number of ether oxygens (including phenoxy) is 2. The Bertz CT molecular complexity index is 1040. The smallest absolute Gasteiger partial charge is 0.232 e. The highest BCUT2D eigenvalue weighted by Gasteiger charge is 2.22. The highest BCUT2D eigenvalue weighted by Crippen LogP contribution is 2.31. The molecule has 1 amide bonds. The quantitative estimate of drug-likeness (QED) is 0.480. The predicted molar refractivity (Wildman–Crippen MR) is 120 cm³/mol. The lowest BCUT2D eigenvalue weighted by atomic mass is 10.3. The van der Waals surface area contributed by atoms with Gasteiger partial charge in [-0.3, -0.25) is 14.6 Å². The van der Waals surface area contributed by atoms with Crippen LogP contribution in [0, 0.1) is 11.6 Å². The molecule has 0 saturated carbocycles. The number of hydrogen-bond donors (Lipinski definition) is 0. The first-order valence-corrected chi connectivity index (χ1v) is 11.5. The van der Waals surface area contributed by atoms with E-state index in [2.05, 4.69) is 9.88 Å². The molecule has 9 heteroatoms. The van der Waals surface area contributed by atoms with Crippen LogP contribution in [0.3, 0.4) is 0 Å². The summed E-state index contributed by atoms with van der Waals surface area (Å²) < 4.78 is 39.2. The zero-order chi connectivity index (χ0) is 22.3. The molecule has 2 heterocycles. The third-order valence-corrected chi connectivity index (χ3v) is 6.25. The second kappa shape index (κ2) is 10.8. The summed E-state index contributed by atoms with van der Waals surface area (Å²) in [7, 11) is 0. The van der Waals surface area contributed by atoms with Crippen LogP contribution < -0.4 is 9.64 Å². The topological polar surface area (TPSA) is 54.9 Å². The molecule has 6 nitrogen and oxygen atoms in total. The summed E-state index contributed by atoms with van der Waals surface area (Å²) in [6.07, 6.45) is 0.886. The molecular weight excluding hydrogens is 436 g/mol. The molecule has 170 valence electrons. The van der Waals surface area contributed by atoms with E-state index in [9.17, 15) is 13.6 Å². The first kappa shape index (κ1) is 22.6. The van der Waals surface area contributed by atoms with Gasteiger partial charge in [-0.15, -0.1) is 0 Å². The number of halogens is 2. The molecule has 4 rings (SSSR count). The average Bonchev–Trinajstić information content (AvgIpc) is 3.22. The molecule has 32 heavy (non-hydrogen) atoms. The molecule has 1 aromatic heterocycles. The fourth-order valence-corrected chi connectivity index (χ4v) is 4.62. The molecule has 0 atom stereocenters. The van der Waals surface area contributed by atoms with Crippen molar-refractivity contribution >= 4 is 32.6 Å². The van der Waals surface area contributed by atoms with E-state index in [1.54, 1.807) is 4.90 Å². The number of hydrogen-bond acceptors (Lipinski definition) is 6. The zero-order valence-corrected chi connectivity index (χ0v) is 18.5. The number of rotatable bonds is 9. The van der Waals surface area contributed by atoms with Gasteiger partial charge in [-0.2, -0.15) is 0 Å². The van der Waals surface area contributed by atoms with Crippen molar-refractivity contribution in [2.24, 2.45) is 0 Å². The van der Waals surface area contributed by atoms with E-state index >= 15 is 0 Å². The molecule has 3 aromatic rings. The minimum atomic E-state index is -0.726. The maximum absolute atomic E-state index is 14.2. The van der Waals surface area contributed by atoms with Crippen molar-refractivity contribution in [2.45, 2.75) is 12.8 Å². The monoisotopic (exact) mass is 461 g/mol. The highest BCUT2D eigenvalue weighted by atomic mass is 32.1. The van der Waals surface area contributed by atoms with Crippen molar-refractivity contribution in [3.8, 4) is 5.75 Å². The van der Waals surface area contributed by atoms with Gasteiger partial charge in [-0.1, -0.05) is 29.5 Å². The number of nitrogens with zero attached hydrogens (tertiary/aromatic N) is 3. The summed E-state index contributed by atoms with van der Waals surface area (Å²) in [5.41, 5.74) is 0.0814. The number of thiazole rings is 1. The largest absolute Gasteiger partial charge is 0.493 e. The van der Waals surface area contributed by atoms with E-state index in [0.29, 0.717) is 35.3 Å². The number of morpholine rings is 1. The number of amides is 1. The summed E-state index contributed by atoms with van der Waals surface area (Å²) in [4.78, 5) is 21.2. The van der Waals surface area contributed by atoms with E-state index in [1.165, 1.54) is 6.07 Å². The number of benzene rings is 2. The molecule has 1 saturated heterocycles. The lowest BCUT2D eigenvalue weighted by Crippen LogP contribution is -2.39. The van der Waals surface area contributed by atoms with E-state index in [4.69, 9.17) is 9.47 Å². The molecular formula is C23H25F2N3O3S. The third-order valence-electron chi connectivity index (χ3n) is 5.22. The summed E-state index contributed by atoms with van der Waals surface area (Å²) in [6.45, 7) is 4.63. The number of fused-ring (bicyclic) bond motifs is 1. The Balaban J connectivity index is 1.45. The van der Waals surface area contributed by atoms with Crippen molar-refractivity contribution in [1.29, 1.82) is 0 Å². The Hall–Kier alpha value is -2.62. The maximum Gasteiger partial charge on any atom is 0.232 e. The number of aromatic nitrogens is 1. The summed E-state index contributed by atoms with van der Waals surface area (Å²) in [5, 5.41) is 0.371. The fourth-order valence-electron chi connectivity index (χ4n) is 3.57. The van der Waals surface area contributed by atoms with Crippen LogP contribution in [0.1, 0.15) is 12.8 Å². The Kier molecular flexibility index (Phi) is 7.62. The van der Waals surface area contributed by atoms with Crippen LogP contribution in [0.15, 0.2) is 42.5 Å². The van der Waals surface area contributed by atoms with Gasteiger partial charge in [0.1, 0.15) is 17.1 Å². The molecule has 1 aliphatic rings. The van der Waals surface area contributed by atoms with Crippen LogP contribution in [0.4, 0.5) is 13.9 Å². The first-order valence-electron chi connectivity index (χ1n) is 10.6. The minimum Gasteiger partial charge on any atom is -0.493 e. The number of carbonyl (C=O) groups excluding carboxylic acids is 1. The molecule has 0 bridgehead atoms. The van der Waals surface area contributed by atoms with Crippen molar-refractivity contribution in [1.82, 2.24) is 9.88 Å². The van der Waals surface area contributed by atoms with Crippen molar-refractivity contribution in [3.63, 3.8) is 0 Å². The zero-order valence-electron chi connectivity index (χ0n) is 17.6. The lowest BCUT2D eigenvalue weighted by molar-refractivity contribution is -0.119. The Morgan fingerprint density at radius 2 is 1.97 bits per heavy atom. The minimum absolute atomic E-state index is 0.0814. The van der Waals surface area contributed by atoms with E-state index in [1.807, 2.05) is 30.3 Å². The van der Waals surface area contributed by atoms with E-state index in [0.717, 1.165) is 43.5 Å². The number of para-hydroxylation sites is 1. The van der Waals surface area contributed by atoms with Crippen molar-refractivity contribution in [2.75, 3.05) is 50.9 Å². The molecule has 2 aromatic carbocycles. The maximum atomic E-state index is 14.2. The summed E-state index contributed by atoms with van der Waals surface area (Å²) >= 11 is 1.12. The summed E-state index contributed by atoms with van der Waals surface area (Å²) in [6, 6.07) is 11.3. The second-order valence-corrected chi connectivity index (χ2v) is 8.50. The molecule has 0 radical (unpaired) electrons. The highest BCUT2D eigenvalue weighted by molar-refractivity contribution is 7.22. The lowest BCUT2D eigenvalue weighted by Gasteiger charge is -2.27. The molecule has 1 fully saturated rings. The standard InChI is InChI=1S/C23H25F2N3O3S/c24-17-15-19(25)22-20(16-17)32-23(26-22)28(9-4-8-27-10-13-30-14-11-27)21(29)7-12-31-18-5-2-1-3-6-18/h1-3,5-6,15-16H,4,7-14H2. The van der Waals surface area contributed by atoms with Crippen molar-refractivity contribution in [3.05, 3.63) is 54.1 Å². The molecule has 0 spiro atoms. The van der Waals surface area contributed by atoms with E-state index in [-0.39, 0.29) is 24.5 Å². The summed E-state index contributed by atoms with van der Waals surface area (Å²) in [5.74, 6) is -0.859. The van der Waals surface area contributed by atoms with Gasteiger partial charge < -0.3 is 9.47 Å². The van der Waals surface area contributed by atoms with Crippen LogP contribution in [0.5, 0.6) is 5.75 Å². The van der Waals surface area contributed by atoms with Gasteiger partial charge in [0, 0.05) is 32.2 Å². The van der Waals surface area contributed by atoms with Gasteiger partial charge in [-0.25, -0.2) is 13.8 Å². The average molecular weight is 462 g/mol. The van der Waals surface area contributed by atoms with Crippen LogP contribution in [0.2, 0.25) is 0 Å². The van der Waals surface area contributed by atoms with Gasteiger partial charge in [0.05, 0.1) is 30.9 Å². The van der Waals surface area contributed by atoms with Crippen LogP contribution in [-0.2, 0) is 9.53 Å². The molecule has 0 unspecified atom stereocenters. The van der Waals surface area contributed by atoms with Gasteiger partial charge in [0.2, 0.25) is 5.91 Å². The molecule has 1 aliphatic heterocycles. The normalized spacial score (nSPS) is 14.6. The van der Waals surface area contributed by atoms with Gasteiger partial charge >= 0.3 is 0 Å². The molecule has 0 aliphatic carbocycles. The van der Waals surface area contributed by atoms with Gasteiger partial charge in [0.15, 0.2) is 10.9 Å². The van der Waals surface area contributed by atoms with Crippen LogP contribution in [-0.4, -0.2) is 61.8 Å². The van der Waals surface area contributed by atoms with Crippen LogP contribution >= 0.6 is 11.3 Å². The van der Waals surface area contributed by atoms with Crippen LogP contribution in [0.25, 0.3) is 10.2 Å². The first-order chi connectivity index (χ1) is 15.6. The number of anilines is 1. The Labute approximate surface area is 189 Å².